The molecule has 196 valence electrons. The lowest BCUT2D eigenvalue weighted by Gasteiger charge is -2.25. The van der Waals surface area contributed by atoms with Crippen LogP contribution in [-0.2, 0) is 30.4 Å². The Morgan fingerprint density at radius 2 is 1.69 bits per heavy atom. The Bertz CT molecular complexity index is 862. The number of H-pyrrole nitrogens is 1. The number of carboxylic acids is 1. The van der Waals surface area contributed by atoms with Gasteiger partial charge in [-0.3, -0.25) is 19.2 Å². The number of nitrogens with zero attached hydrogens (tertiary/aromatic N) is 1. The van der Waals surface area contributed by atoms with Crippen molar-refractivity contribution < 1.29 is 34.2 Å². The van der Waals surface area contributed by atoms with E-state index in [0.29, 0.717) is 25.1 Å². The maximum Gasteiger partial charge on any atom is 0.328 e. The molecule has 1 rings (SSSR count). The number of carbonyl (C=O) groups excluding carboxylic acids is 4. The van der Waals surface area contributed by atoms with Crippen molar-refractivity contribution in [3.63, 3.8) is 0 Å². The van der Waals surface area contributed by atoms with Gasteiger partial charge in [-0.15, -0.1) is 0 Å². The van der Waals surface area contributed by atoms with E-state index in [1.807, 2.05) is 0 Å². The zero-order valence-corrected chi connectivity index (χ0v) is 19.4. The molecule has 12 N–H and O–H groups in total. The fourth-order valence-electron chi connectivity index (χ4n) is 3.09. The third kappa shape index (κ3) is 10.5. The summed E-state index contributed by atoms with van der Waals surface area (Å²) in [5, 5.41) is 25.8. The number of nitrogens with two attached hydrogens (primary N) is 3. The molecule has 4 amide bonds. The van der Waals surface area contributed by atoms with Gasteiger partial charge in [-0.25, -0.2) is 9.78 Å². The van der Waals surface area contributed by atoms with E-state index in [1.54, 1.807) is 0 Å². The molecule has 15 nitrogen and oxygen atoms in total. The van der Waals surface area contributed by atoms with Crippen LogP contribution in [-0.4, -0.2) is 86.6 Å². The van der Waals surface area contributed by atoms with Gasteiger partial charge in [0, 0.05) is 18.3 Å². The van der Waals surface area contributed by atoms with Gasteiger partial charge in [0.05, 0.1) is 24.9 Å². The van der Waals surface area contributed by atoms with Crippen molar-refractivity contribution in [2.45, 2.75) is 69.3 Å². The van der Waals surface area contributed by atoms with Crippen LogP contribution in [0.3, 0.4) is 0 Å². The number of hydrogen-bond donors (Lipinski definition) is 9. The third-order valence-electron chi connectivity index (χ3n) is 5.00. The van der Waals surface area contributed by atoms with Crippen molar-refractivity contribution in [2.24, 2.45) is 17.2 Å². The van der Waals surface area contributed by atoms with Crippen LogP contribution >= 0.6 is 0 Å². The summed E-state index contributed by atoms with van der Waals surface area (Å²) < 4.78 is 0. The summed E-state index contributed by atoms with van der Waals surface area (Å²) in [7, 11) is 0. The van der Waals surface area contributed by atoms with Crippen LogP contribution in [0.5, 0.6) is 0 Å². The summed E-state index contributed by atoms with van der Waals surface area (Å²) in [5.41, 5.74) is 17.1. The topological polar surface area (TPSA) is 269 Å². The van der Waals surface area contributed by atoms with Gasteiger partial charge in [0.15, 0.2) is 6.04 Å². The Hall–Kier alpha value is -3.56. The summed E-state index contributed by atoms with van der Waals surface area (Å²) in [6.07, 6.45) is 1.99. The van der Waals surface area contributed by atoms with E-state index in [1.165, 1.54) is 19.4 Å². The van der Waals surface area contributed by atoms with Crippen LogP contribution in [0, 0.1) is 0 Å². The first-order valence-corrected chi connectivity index (χ1v) is 11.0. The summed E-state index contributed by atoms with van der Waals surface area (Å²) in [6.45, 7) is 1.51. The standard InChI is InChI=1S/C20H34N8O7/c1-10(29)16(20(34)35)28-18(32)13(4-2-3-5-21)26-19(33)14(7-15(23)30)27-17(31)12(22)6-11-8-24-9-25-11/h8-10,12-14,16,29H,2-7,21-22H2,1H3,(H2,23,30)(H,24,25)(H,26,33)(H,27,31)(H,28,32)(H,34,35). The SMILES string of the molecule is CC(O)C(NC(=O)C(CCCCN)NC(=O)C(CC(N)=O)NC(=O)C(N)Cc1cnc[nH]1)C(=O)O. The second-order valence-corrected chi connectivity index (χ2v) is 8.03. The van der Waals surface area contributed by atoms with Gasteiger partial charge < -0.3 is 48.3 Å². The van der Waals surface area contributed by atoms with Gasteiger partial charge in [-0.2, -0.15) is 0 Å². The summed E-state index contributed by atoms with van der Waals surface area (Å²) in [4.78, 5) is 67.5. The lowest BCUT2D eigenvalue weighted by Crippen LogP contribution is -2.58. The molecule has 0 saturated carbocycles. The zero-order valence-electron chi connectivity index (χ0n) is 19.4. The Labute approximate surface area is 201 Å². The lowest BCUT2D eigenvalue weighted by molar-refractivity contribution is -0.145. The fraction of sp³-hybridized carbons (Fsp3) is 0.600. The minimum atomic E-state index is -1.61. The lowest BCUT2D eigenvalue weighted by atomic mass is 10.1. The summed E-state index contributed by atoms with van der Waals surface area (Å²) >= 11 is 0. The van der Waals surface area contributed by atoms with E-state index in [4.69, 9.17) is 17.2 Å². The highest BCUT2D eigenvalue weighted by Gasteiger charge is 2.32. The molecule has 0 saturated heterocycles. The molecule has 1 heterocycles. The number of aliphatic carboxylic acids is 1. The predicted octanol–water partition coefficient (Wildman–Crippen LogP) is -3.80. The zero-order chi connectivity index (χ0) is 26.5. The van der Waals surface area contributed by atoms with Crippen LogP contribution in [0.25, 0.3) is 0 Å². The quantitative estimate of drug-likeness (QED) is 0.100. The smallest absolute Gasteiger partial charge is 0.328 e. The monoisotopic (exact) mass is 498 g/mol. The van der Waals surface area contributed by atoms with Gasteiger partial charge >= 0.3 is 5.97 Å². The number of aliphatic hydroxyl groups is 1. The van der Waals surface area contributed by atoms with Crippen molar-refractivity contribution in [1.29, 1.82) is 0 Å². The van der Waals surface area contributed by atoms with E-state index >= 15 is 0 Å². The van der Waals surface area contributed by atoms with Crippen LogP contribution in [0.4, 0.5) is 0 Å². The van der Waals surface area contributed by atoms with Gasteiger partial charge in [0.2, 0.25) is 23.6 Å². The maximum atomic E-state index is 12.9. The minimum absolute atomic E-state index is 0.0801. The number of primary amides is 1. The first-order valence-electron chi connectivity index (χ1n) is 11.0. The van der Waals surface area contributed by atoms with Crippen molar-refractivity contribution in [3.8, 4) is 0 Å². The number of aromatic nitrogens is 2. The molecule has 0 aliphatic rings. The van der Waals surface area contributed by atoms with Crippen LogP contribution < -0.4 is 33.2 Å². The molecular formula is C20H34N8O7. The normalized spacial score (nSPS) is 15.2. The Kier molecular flexibility index (Phi) is 12.3. The summed E-state index contributed by atoms with van der Waals surface area (Å²) in [6, 6.07) is -5.37. The van der Waals surface area contributed by atoms with Crippen molar-refractivity contribution in [1.82, 2.24) is 25.9 Å². The van der Waals surface area contributed by atoms with E-state index in [9.17, 15) is 34.2 Å². The van der Waals surface area contributed by atoms with Crippen LogP contribution in [0.1, 0.15) is 38.3 Å². The van der Waals surface area contributed by atoms with Crippen molar-refractivity contribution in [2.75, 3.05) is 6.54 Å². The highest BCUT2D eigenvalue weighted by atomic mass is 16.4. The van der Waals surface area contributed by atoms with E-state index in [2.05, 4.69) is 25.9 Å². The number of nitrogens with one attached hydrogen (secondary N) is 4. The molecule has 0 aliphatic carbocycles. The molecule has 0 bridgehead atoms. The largest absolute Gasteiger partial charge is 0.480 e. The number of carboxylic acid groups (broad SMARTS) is 1. The first-order chi connectivity index (χ1) is 16.5. The average molecular weight is 499 g/mol. The molecular weight excluding hydrogens is 464 g/mol. The van der Waals surface area contributed by atoms with Crippen molar-refractivity contribution >= 4 is 29.6 Å². The Morgan fingerprint density at radius 1 is 1.06 bits per heavy atom. The van der Waals surface area contributed by atoms with E-state index in [-0.39, 0.29) is 12.8 Å². The predicted molar refractivity (Wildman–Crippen MR) is 122 cm³/mol. The molecule has 0 radical (unpaired) electrons. The molecule has 1 aromatic rings. The second kappa shape index (κ2) is 14.6. The Morgan fingerprint density at radius 3 is 2.20 bits per heavy atom. The molecule has 5 atom stereocenters. The maximum absolute atomic E-state index is 12.9. The number of carbonyl (C=O) groups is 5. The number of imidazole rings is 1. The highest BCUT2D eigenvalue weighted by molar-refractivity contribution is 5.96. The molecule has 0 aliphatic heterocycles. The molecule has 0 fully saturated rings. The van der Waals surface area contributed by atoms with Crippen LogP contribution in [0.15, 0.2) is 12.5 Å². The number of aromatic amines is 1. The second-order valence-electron chi connectivity index (χ2n) is 8.03. The number of rotatable bonds is 16. The molecule has 0 spiro atoms. The molecule has 0 aromatic carbocycles. The van der Waals surface area contributed by atoms with Crippen LogP contribution in [0.2, 0.25) is 0 Å². The third-order valence-corrected chi connectivity index (χ3v) is 5.00. The van der Waals surface area contributed by atoms with Gasteiger partial charge in [0.1, 0.15) is 12.1 Å². The first kappa shape index (κ1) is 29.5. The van der Waals surface area contributed by atoms with Crippen molar-refractivity contribution in [3.05, 3.63) is 18.2 Å². The van der Waals surface area contributed by atoms with E-state index in [0.717, 1.165) is 0 Å². The van der Waals surface area contributed by atoms with Gasteiger partial charge in [-0.05, 0) is 32.7 Å². The number of unbranched alkanes of at least 4 members (excludes halogenated alkanes) is 1. The number of hydrogen-bond acceptors (Lipinski definition) is 9. The molecule has 15 heteroatoms. The summed E-state index contributed by atoms with van der Waals surface area (Å²) in [5.74, 6) is -4.88. The molecule has 35 heavy (non-hydrogen) atoms. The highest BCUT2D eigenvalue weighted by Crippen LogP contribution is 2.05. The Balaban J connectivity index is 2.95. The average Bonchev–Trinajstić information content (AvgIpc) is 3.28. The molecule has 5 unspecified atom stereocenters. The fourth-order valence-corrected chi connectivity index (χ4v) is 3.09. The van der Waals surface area contributed by atoms with E-state index < -0.39 is 66.3 Å². The minimum Gasteiger partial charge on any atom is -0.480 e. The van der Waals surface area contributed by atoms with Gasteiger partial charge in [0.25, 0.3) is 0 Å². The van der Waals surface area contributed by atoms with Gasteiger partial charge in [-0.1, -0.05) is 0 Å². The molecule has 1 aromatic heterocycles. The number of amides is 4. The number of aliphatic hydroxyl groups excluding tert-OH is 1.